The largest absolute Gasteiger partial charge is 0.456 e. The second kappa shape index (κ2) is 9.32. The maximum atomic E-state index is 12.0. The van der Waals surface area contributed by atoms with Gasteiger partial charge in [-0.15, -0.1) is 0 Å². The molecule has 3 rings (SSSR count). The number of amides is 1. The van der Waals surface area contributed by atoms with Crippen molar-refractivity contribution in [3.8, 4) is 6.07 Å². The third-order valence-corrected chi connectivity index (χ3v) is 5.12. The fourth-order valence-corrected chi connectivity index (χ4v) is 3.59. The predicted molar refractivity (Wildman–Crippen MR) is 106 cm³/mol. The molecule has 29 heavy (non-hydrogen) atoms. The topological polar surface area (TPSA) is 125 Å². The molecule has 1 saturated carbocycles. The van der Waals surface area contributed by atoms with Crippen LogP contribution in [0.2, 0.25) is 0 Å². The Balaban J connectivity index is 1.43. The van der Waals surface area contributed by atoms with Crippen LogP contribution >= 0.6 is 0 Å². The van der Waals surface area contributed by atoms with Crippen molar-refractivity contribution < 1.29 is 14.3 Å². The van der Waals surface area contributed by atoms with E-state index >= 15 is 0 Å². The van der Waals surface area contributed by atoms with Crippen LogP contribution in [0.15, 0.2) is 29.1 Å². The summed E-state index contributed by atoms with van der Waals surface area (Å²) in [6.45, 7) is -0.396. The normalized spacial score (nSPS) is 15.4. The van der Waals surface area contributed by atoms with Crippen LogP contribution in [0.25, 0.3) is 10.9 Å². The first-order valence-electron chi connectivity index (χ1n) is 9.87. The van der Waals surface area contributed by atoms with Crippen LogP contribution < -0.4 is 10.9 Å². The van der Waals surface area contributed by atoms with Crippen molar-refractivity contribution in [3.63, 3.8) is 0 Å². The first-order valence-corrected chi connectivity index (χ1v) is 9.87. The van der Waals surface area contributed by atoms with E-state index in [1.54, 1.807) is 18.2 Å². The summed E-state index contributed by atoms with van der Waals surface area (Å²) in [6, 6.07) is 9.25. The number of aromatic amines is 1. The van der Waals surface area contributed by atoms with Crippen LogP contribution in [0.1, 0.15) is 50.8 Å². The van der Waals surface area contributed by atoms with Gasteiger partial charge in [-0.1, -0.05) is 31.4 Å². The van der Waals surface area contributed by atoms with Crippen LogP contribution in [0.4, 0.5) is 0 Å². The van der Waals surface area contributed by atoms with Crippen molar-refractivity contribution in [2.24, 2.45) is 0 Å². The molecule has 0 spiro atoms. The van der Waals surface area contributed by atoms with Crippen LogP contribution in [-0.4, -0.2) is 34.0 Å². The minimum absolute atomic E-state index is 0.104. The van der Waals surface area contributed by atoms with E-state index in [0.717, 1.165) is 19.3 Å². The van der Waals surface area contributed by atoms with Crippen molar-refractivity contribution in [3.05, 3.63) is 40.4 Å². The molecule has 0 radical (unpaired) electrons. The van der Waals surface area contributed by atoms with E-state index in [0.29, 0.717) is 42.4 Å². The van der Waals surface area contributed by atoms with Crippen molar-refractivity contribution in [2.75, 3.05) is 6.61 Å². The third-order valence-electron chi connectivity index (χ3n) is 5.12. The quantitative estimate of drug-likeness (QED) is 0.691. The Labute approximate surface area is 168 Å². The van der Waals surface area contributed by atoms with E-state index in [1.807, 2.05) is 6.07 Å². The lowest BCUT2D eigenvalue weighted by atomic mass is 9.83. The minimum Gasteiger partial charge on any atom is -0.456 e. The van der Waals surface area contributed by atoms with Gasteiger partial charge < -0.3 is 15.0 Å². The molecule has 1 heterocycles. The minimum atomic E-state index is -0.838. The number of nitriles is 1. The zero-order valence-electron chi connectivity index (χ0n) is 16.2. The number of hydrogen-bond donors (Lipinski definition) is 2. The molecule has 1 amide bonds. The Kier molecular flexibility index (Phi) is 6.60. The summed E-state index contributed by atoms with van der Waals surface area (Å²) in [4.78, 5) is 43.1. The number of esters is 1. The number of hydrogen-bond acceptors (Lipinski definition) is 6. The van der Waals surface area contributed by atoms with Crippen LogP contribution in [0.3, 0.4) is 0 Å². The summed E-state index contributed by atoms with van der Waals surface area (Å²) in [5, 5.41) is 12.6. The zero-order chi connectivity index (χ0) is 20.7. The second-order valence-electron chi connectivity index (χ2n) is 7.35. The maximum absolute atomic E-state index is 12.0. The average molecular weight is 396 g/mol. The molecular weight excluding hydrogens is 372 g/mol. The summed E-state index contributed by atoms with van der Waals surface area (Å²) >= 11 is 0. The molecule has 0 atom stereocenters. The molecule has 8 nitrogen and oxygen atoms in total. The molecule has 2 aromatic rings. The van der Waals surface area contributed by atoms with Gasteiger partial charge in [0.15, 0.2) is 6.61 Å². The lowest BCUT2D eigenvalue weighted by Gasteiger charge is -2.31. The van der Waals surface area contributed by atoms with Crippen molar-refractivity contribution >= 4 is 22.8 Å². The zero-order valence-corrected chi connectivity index (χ0v) is 16.2. The molecular formula is C21H24N4O4. The third kappa shape index (κ3) is 5.41. The number of nitrogens with zero attached hydrogens (tertiary/aromatic N) is 2. The lowest BCUT2D eigenvalue weighted by Crippen LogP contribution is -2.50. The molecule has 152 valence electrons. The van der Waals surface area contributed by atoms with Crippen molar-refractivity contribution in [1.29, 1.82) is 5.26 Å². The molecule has 0 unspecified atom stereocenters. The number of fused-ring (bicyclic) bond motifs is 1. The van der Waals surface area contributed by atoms with Gasteiger partial charge in [0.05, 0.1) is 17.0 Å². The molecule has 1 aliphatic carbocycles. The van der Waals surface area contributed by atoms with Gasteiger partial charge in [0.25, 0.3) is 11.5 Å². The SMILES string of the molecule is N#CC1(NC(=O)COC(=O)CCCc2nc3ccccc3c(=O)[nH]2)CCCCC1. The summed E-state index contributed by atoms with van der Waals surface area (Å²) < 4.78 is 5.01. The van der Waals surface area contributed by atoms with Gasteiger partial charge in [0.2, 0.25) is 0 Å². The fraction of sp³-hybridized carbons (Fsp3) is 0.476. The average Bonchev–Trinajstić information content (AvgIpc) is 2.73. The Bertz CT molecular complexity index is 986. The van der Waals surface area contributed by atoms with Gasteiger partial charge in [0, 0.05) is 12.8 Å². The Morgan fingerprint density at radius 2 is 2.00 bits per heavy atom. The number of aryl methyl sites for hydroxylation is 1. The highest BCUT2D eigenvalue weighted by Crippen LogP contribution is 2.27. The lowest BCUT2D eigenvalue weighted by molar-refractivity contribution is -0.149. The van der Waals surface area contributed by atoms with E-state index in [9.17, 15) is 19.6 Å². The van der Waals surface area contributed by atoms with Crippen molar-refractivity contribution in [1.82, 2.24) is 15.3 Å². The van der Waals surface area contributed by atoms with E-state index in [1.165, 1.54) is 0 Å². The number of H-pyrrole nitrogens is 1. The number of carbonyl (C=O) groups is 2. The molecule has 8 heteroatoms. The predicted octanol–water partition coefficient (Wildman–Crippen LogP) is 2.13. The summed E-state index contributed by atoms with van der Waals surface area (Å²) in [5.74, 6) is -0.451. The Morgan fingerprint density at radius 1 is 1.24 bits per heavy atom. The van der Waals surface area contributed by atoms with E-state index < -0.39 is 24.0 Å². The Morgan fingerprint density at radius 3 is 2.76 bits per heavy atom. The number of para-hydroxylation sites is 1. The highest BCUT2D eigenvalue weighted by Gasteiger charge is 2.33. The number of benzene rings is 1. The molecule has 2 N–H and O–H groups in total. The van der Waals surface area contributed by atoms with Crippen LogP contribution in [0.5, 0.6) is 0 Å². The highest BCUT2D eigenvalue weighted by molar-refractivity contribution is 5.81. The molecule has 0 saturated heterocycles. The first-order chi connectivity index (χ1) is 14.0. The van der Waals surface area contributed by atoms with Gasteiger partial charge in [-0.3, -0.25) is 14.4 Å². The number of nitrogens with one attached hydrogen (secondary N) is 2. The van der Waals surface area contributed by atoms with Gasteiger partial charge in [0.1, 0.15) is 11.4 Å². The number of carbonyl (C=O) groups excluding carboxylic acids is 2. The summed E-state index contributed by atoms with van der Waals surface area (Å²) in [5.41, 5.74) is -0.436. The van der Waals surface area contributed by atoms with Crippen molar-refractivity contribution in [2.45, 2.75) is 56.9 Å². The van der Waals surface area contributed by atoms with Gasteiger partial charge in [-0.2, -0.15) is 5.26 Å². The number of aromatic nitrogens is 2. The smallest absolute Gasteiger partial charge is 0.306 e. The number of rotatable bonds is 7. The van der Waals surface area contributed by atoms with Crippen LogP contribution in [-0.2, 0) is 20.7 Å². The fourth-order valence-electron chi connectivity index (χ4n) is 3.59. The van der Waals surface area contributed by atoms with E-state index in [4.69, 9.17) is 4.74 Å². The molecule has 1 aromatic carbocycles. The highest BCUT2D eigenvalue weighted by atomic mass is 16.5. The first kappa shape index (κ1) is 20.5. The second-order valence-corrected chi connectivity index (χ2v) is 7.35. The summed E-state index contributed by atoms with van der Waals surface area (Å²) in [7, 11) is 0. The van der Waals surface area contributed by atoms with E-state index in [-0.39, 0.29) is 12.0 Å². The molecule has 0 aliphatic heterocycles. The monoisotopic (exact) mass is 396 g/mol. The molecule has 1 aromatic heterocycles. The van der Waals surface area contributed by atoms with Gasteiger partial charge >= 0.3 is 5.97 Å². The van der Waals surface area contributed by atoms with Crippen LogP contribution in [0, 0.1) is 11.3 Å². The molecule has 0 bridgehead atoms. The number of ether oxygens (including phenoxy) is 1. The molecule has 1 fully saturated rings. The summed E-state index contributed by atoms with van der Waals surface area (Å²) in [6.07, 6.45) is 5.07. The van der Waals surface area contributed by atoms with Gasteiger partial charge in [-0.25, -0.2) is 4.98 Å². The Hall–Kier alpha value is -3.21. The maximum Gasteiger partial charge on any atom is 0.306 e. The molecule has 1 aliphatic rings. The standard InChI is InChI=1S/C21H24N4O4/c22-14-21(11-4-1-5-12-21)25-18(26)13-29-19(27)10-6-9-17-23-16-8-3-2-7-15(16)20(28)24-17/h2-3,7-8H,1,4-6,9-13H2,(H,25,26)(H,23,24,28). The van der Waals surface area contributed by atoms with Gasteiger partial charge in [-0.05, 0) is 31.4 Å². The van der Waals surface area contributed by atoms with E-state index in [2.05, 4.69) is 21.4 Å².